The fraction of sp³-hybridized carbons (Fsp3) is 0.429. The van der Waals surface area contributed by atoms with Crippen LogP contribution in [0.3, 0.4) is 0 Å². The zero-order valence-corrected chi connectivity index (χ0v) is 14.0. The van der Waals surface area contributed by atoms with Crippen LogP contribution in [0.1, 0.15) is 30.4 Å². The third kappa shape index (κ3) is 4.84. The van der Waals surface area contributed by atoms with Crippen molar-refractivity contribution < 1.29 is 0 Å². The normalized spacial score (nSPS) is 16.5. The number of nitrogen functional groups attached to an aromatic ring is 1. The van der Waals surface area contributed by atoms with Gasteiger partial charge in [-0.1, -0.05) is 48.5 Å². The number of nitrogens with two attached hydrogens (primary N) is 1. The Hall–Kier alpha value is -1.80. The van der Waals surface area contributed by atoms with Gasteiger partial charge in [-0.2, -0.15) is 0 Å². The molecule has 0 atom stereocenters. The Morgan fingerprint density at radius 1 is 0.870 bits per heavy atom. The van der Waals surface area contributed by atoms with E-state index >= 15 is 0 Å². The lowest BCUT2D eigenvalue weighted by Gasteiger charge is -2.32. The first-order chi connectivity index (χ1) is 11.3. The average Bonchev–Trinajstić information content (AvgIpc) is 2.61. The summed E-state index contributed by atoms with van der Waals surface area (Å²) in [6, 6.07) is 19.1. The predicted molar refractivity (Wildman–Crippen MR) is 98.5 cm³/mol. The fourth-order valence-electron chi connectivity index (χ4n) is 3.55. The van der Waals surface area contributed by atoms with Crippen LogP contribution in [0, 0.1) is 5.92 Å². The second-order valence-electron chi connectivity index (χ2n) is 6.76. The van der Waals surface area contributed by atoms with E-state index in [0.717, 1.165) is 18.0 Å². The Kier molecular flexibility index (Phi) is 5.71. The minimum absolute atomic E-state index is 0.864. The number of hydrogen-bond donors (Lipinski definition) is 1. The van der Waals surface area contributed by atoms with Crippen LogP contribution in [-0.4, -0.2) is 24.5 Å². The van der Waals surface area contributed by atoms with Gasteiger partial charge in [0.1, 0.15) is 0 Å². The smallest absolute Gasteiger partial charge is 0.0346 e. The van der Waals surface area contributed by atoms with Gasteiger partial charge in [-0.15, -0.1) is 0 Å². The number of rotatable bonds is 6. The topological polar surface area (TPSA) is 29.3 Å². The van der Waals surface area contributed by atoms with Crippen LogP contribution in [0.15, 0.2) is 54.6 Å². The molecule has 1 fully saturated rings. The summed E-state index contributed by atoms with van der Waals surface area (Å²) < 4.78 is 0. The minimum atomic E-state index is 0.864. The quantitative estimate of drug-likeness (QED) is 0.812. The van der Waals surface area contributed by atoms with Gasteiger partial charge in [0.25, 0.3) is 0 Å². The summed E-state index contributed by atoms with van der Waals surface area (Å²) >= 11 is 0. The Morgan fingerprint density at radius 2 is 1.57 bits per heavy atom. The highest BCUT2D eigenvalue weighted by Crippen LogP contribution is 2.24. The maximum absolute atomic E-state index is 6.04. The molecule has 2 aromatic rings. The van der Waals surface area contributed by atoms with Crippen LogP contribution in [0.4, 0.5) is 5.69 Å². The Labute approximate surface area is 140 Å². The molecule has 0 radical (unpaired) electrons. The van der Waals surface area contributed by atoms with Crippen LogP contribution < -0.4 is 5.73 Å². The second kappa shape index (κ2) is 8.16. The molecule has 0 spiro atoms. The van der Waals surface area contributed by atoms with Crippen molar-refractivity contribution in [2.75, 3.05) is 25.4 Å². The summed E-state index contributed by atoms with van der Waals surface area (Å²) in [5, 5.41) is 0. The third-order valence-corrected chi connectivity index (χ3v) is 5.14. The standard InChI is InChI=1S/C21H28N2/c22-21-9-5-4-8-20(21)11-10-19-13-16-23(17-14-19)15-12-18-6-2-1-3-7-18/h1-9,19H,10-17,22H2. The van der Waals surface area contributed by atoms with Crippen molar-refractivity contribution in [3.05, 3.63) is 65.7 Å². The molecule has 3 rings (SSSR count). The monoisotopic (exact) mass is 308 g/mol. The van der Waals surface area contributed by atoms with E-state index in [1.54, 1.807) is 0 Å². The molecule has 0 unspecified atom stereocenters. The number of anilines is 1. The second-order valence-corrected chi connectivity index (χ2v) is 6.76. The molecule has 0 amide bonds. The zero-order valence-electron chi connectivity index (χ0n) is 14.0. The lowest BCUT2D eigenvalue weighted by atomic mass is 9.90. The van der Waals surface area contributed by atoms with E-state index in [4.69, 9.17) is 5.73 Å². The van der Waals surface area contributed by atoms with E-state index in [-0.39, 0.29) is 0 Å². The number of para-hydroxylation sites is 1. The Bertz CT molecular complexity index is 586. The van der Waals surface area contributed by atoms with Gasteiger partial charge >= 0.3 is 0 Å². The summed E-state index contributed by atoms with van der Waals surface area (Å²) in [6.45, 7) is 3.70. The van der Waals surface area contributed by atoms with E-state index < -0.39 is 0 Å². The van der Waals surface area contributed by atoms with E-state index in [9.17, 15) is 0 Å². The summed E-state index contributed by atoms with van der Waals surface area (Å²) in [5.74, 6) is 0.864. The first-order valence-corrected chi connectivity index (χ1v) is 8.91. The van der Waals surface area contributed by atoms with Gasteiger partial charge in [-0.25, -0.2) is 0 Å². The first-order valence-electron chi connectivity index (χ1n) is 8.91. The maximum atomic E-state index is 6.04. The maximum Gasteiger partial charge on any atom is 0.0346 e. The highest BCUT2D eigenvalue weighted by atomic mass is 15.1. The molecule has 0 aromatic heterocycles. The zero-order chi connectivity index (χ0) is 15.9. The van der Waals surface area contributed by atoms with Crippen molar-refractivity contribution in [1.29, 1.82) is 0 Å². The van der Waals surface area contributed by atoms with Crippen molar-refractivity contribution in [2.24, 2.45) is 5.92 Å². The number of likely N-dealkylation sites (tertiary alicyclic amines) is 1. The van der Waals surface area contributed by atoms with Crippen LogP contribution >= 0.6 is 0 Å². The lowest BCUT2D eigenvalue weighted by Crippen LogP contribution is -2.35. The first kappa shape index (κ1) is 16.1. The number of hydrogen-bond acceptors (Lipinski definition) is 2. The van der Waals surface area contributed by atoms with Crippen molar-refractivity contribution in [3.63, 3.8) is 0 Å². The number of aryl methyl sites for hydroxylation is 1. The molecule has 1 aliphatic rings. The molecular formula is C21H28N2. The molecule has 2 aromatic carbocycles. The van der Waals surface area contributed by atoms with Crippen molar-refractivity contribution in [3.8, 4) is 0 Å². The van der Waals surface area contributed by atoms with Crippen LogP contribution in [0.5, 0.6) is 0 Å². The summed E-state index contributed by atoms with van der Waals surface area (Å²) in [7, 11) is 0. The predicted octanol–water partition coefficient (Wildman–Crippen LogP) is 4.16. The molecule has 23 heavy (non-hydrogen) atoms. The SMILES string of the molecule is Nc1ccccc1CCC1CCN(CCc2ccccc2)CC1. The summed E-state index contributed by atoms with van der Waals surface area (Å²) in [4.78, 5) is 2.63. The lowest BCUT2D eigenvalue weighted by molar-refractivity contribution is 0.181. The van der Waals surface area contributed by atoms with Crippen LogP contribution in [0.25, 0.3) is 0 Å². The molecule has 0 bridgehead atoms. The van der Waals surface area contributed by atoms with Crippen molar-refractivity contribution >= 4 is 5.69 Å². The third-order valence-electron chi connectivity index (χ3n) is 5.14. The van der Waals surface area contributed by atoms with E-state index in [2.05, 4.69) is 47.4 Å². The van der Waals surface area contributed by atoms with E-state index in [0.29, 0.717) is 0 Å². The molecule has 0 aliphatic carbocycles. The van der Waals surface area contributed by atoms with Gasteiger partial charge in [0.05, 0.1) is 0 Å². The highest BCUT2D eigenvalue weighted by Gasteiger charge is 2.18. The Morgan fingerprint density at radius 3 is 2.30 bits per heavy atom. The van der Waals surface area contributed by atoms with Gasteiger partial charge in [0.15, 0.2) is 0 Å². The number of nitrogens with zero attached hydrogens (tertiary/aromatic N) is 1. The number of piperidine rings is 1. The molecule has 0 saturated carbocycles. The highest BCUT2D eigenvalue weighted by molar-refractivity contribution is 5.46. The van der Waals surface area contributed by atoms with Crippen molar-refractivity contribution in [2.45, 2.75) is 32.1 Å². The minimum Gasteiger partial charge on any atom is -0.399 e. The van der Waals surface area contributed by atoms with Crippen molar-refractivity contribution in [1.82, 2.24) is 4.90 Å². The van der Waals surface area contributed by atoms with E-state index in [1.807, 2.05) is 12.1 Å². The Balaban J connectivity index is 1.38. The molecule has 2 heteroatoms. The van der Waals surface area contributed by atoms with Gasteiger partial charge in [-0.3, -0.25) is 0 Å². The molecule has 2 N–H and O–H groups in total. The summed E-state index contributed by atoms with van der Waals surface area (Å²) in [6.07, 6.45) is 6.25. The largest absolute Gasteiger partial charge is 0.399 e. The van der Waals surface area contributed by atoms with Gasteiger partial charge in [-0.05, 0) is 68.3 Å². The van der Waals surface area contributed by atoms with E-state index in [1.165, 1.54) is 56.4 Å². The molecule has 1 aliphatic heterocycles. The molecule has 1 heterocycles. The fourth-order valence-corrected chi connectivity index (χ4v) is 3.55. The average molecular weight is 308 g/mol. The summed E-state index contributed by atoms with van der Waals surface area (Å²) in [5.41, 5.74) is 9.77. The van der Waals surface area contributed by atoms with Gasteiger partial charge in [0.2, 0.25) is 0 Å². The molecule has 2 nitrogen and oxygen atoms in total. The molecule has 122 valence electrons. The van der Waals surface area contributed by atoms with Crippen LogP contribution in [0.2, 0.25) is 0 Å². The number of benzene rings is 2. The van der Waals surface area contributed by atoms with Gasteiger partial charge in [0, 0.05) is 12.2 Å². The van der Waals surface area contributed by atoms with Gasteiger partial charge < -0.3 is 10.6 Å². The molecule has 1 saturated heterocycles. The molecular weight excluding hydrogens is 280 g/mol. The van der Waals surface area contributed by atoms with Crippen LogP contribution in [-0.2, 0) is 12.8 Å².